The molecule has 4 heteroatoms. The Labute approximate surface area is 120 Å². The molecule has 20 heavy (non-hydrogen) atoms. The maximum Gasteiger partial charge on any atom is 0.147 e. The molecular weight excluding hydrogens is 248 g/mol. The van der Waals surface area contributed by atoms with E-state index in [4.69, 9.17) is 0 Å². The van der Waals surface area contributed by atoms with E-state index in [9.17, 15) is 0 Å². The van der Waals surface area contributed by atoms with Crippen molar-refractivity contribution in [3.8, 4) is 0 Å². The van der Waals surface area contributed by atoms with Gasteiger partial charge in [-0.05, 0) is 32.3 Å². The van der Waals surface area contributed by atoms with Crippen molar-refractivity contribution in [2.24, 2.45) is 0 Å². The molecule has 0 saturated carbocycles. The van der Waals surface area contributed by atoms with Gasteiger partial charge in [-0.25, -0.2) is 0 Å². The van der Waals surface area contributed by atoms with Crippen LogP contribution in [-0.4, -0.2) is 32.3 Å². The van der Waals surface area contributed by atoms with Gasteiger partial charge in [-0.2, -0.15) is 0 Å². The molecule has 0 amide bonds. The van der Waals surface area contributed by atoms with E-state index in [0.29, 0.717) is 6.04 Å². The predicted octanol–water partition coefficient (Wildman–Crippen LogP) is 2.42. The maximum absolute atomic E-state index is 4.28. The molecule has 1 atom stereocenters. The molecule has 0 fully saturated rings. The molecule has 0 saturated heterocycles. The summed E-state index contributed by atoms with van der Waals surface area (Å²) in [4.78, 5) is 2.52. The van der Waals surface area contributed by atoms with Gasteiger partial charge < -0.3 is 4.57 Å². The first-order valence-electron chi connectivity index (χ1n) is 7.40. The number of rotatable bonds is 4. The second-order valence-corrected chi connectivity index (χ2v) is 5.66. The number of fused-ring (bicyclic) bond motifs is 1. The summed E-state index contributed by atoms with van der Waals surface area (Å²) in [5.41, 5.74) is 1.43. The zero-order chi connectivity index (χ0) is 13.9. The average molecular weight is 270 g/mol. The van der Waals surface area contributed by atoms with E-state index in [1.165, 1.54) is 12.0 Å². The Morgan fingerprint density at radius 2 is 1.95 bits per heavy atom. The number of hydrogen-bond donors (Lipinski definition) is 0. The quantitative estimate of drug-likeness (QED) is 0.855. The highest BCUT2D eigenvalue weighted by molar-refractivity contribution is 5.14. The molecule has 2 heterocycles. The van der Waals surface area contributed by atoms with E-state index in [1.807, 2.05) is 6.92 Å². The Balaban J connectivity index is 1.57. The summed E-state index contributed by atoms with van der Waals surface area (Å²) in [5, 5.41) is 8.45. The number of aromatic nitrogens is 3. The minimum atomic E-state index is 0.584. The predicted molar refractivity (Wildman–Crippen MR) is 79.4 cm³/mol. The normalized spacial score (nSPS) is 16.9. The summed E-state index contributed by atoms with van der Waals surface area (Å²) < 4.78 is 2.24. The second kappa shape index (κ2) is 5.75. The lowest BCUT2D eigenvalue weighted by Gasteiger charge is -2.32. The Morgan fingerprint density at radius 3 is 2.75 bits per heavy atom. The first-order valence-corrected chi connectivity index (χ1v) is 7.40. The van der Waals surface area contributed by atoms with Crippen molar-refractivity contribution in [1.82, 2.24) is 19.7 Å². The summed E-state index contributed by atoms with van der Waals surface area (Å²) in [6.07, 6.45) is 2.33. The lowest BCUT2D eigenvalue weighted by atomic mass is 10.0. The molecule has 1 aliphatic heterocycles. The molecule has 0 radical (unpaired) electrons. The SMILES string of the molecule is Cc1nnc2n1CCN(C(C)CCc1ccccc1)C2. The van der Waals surface area contributed by atoms with Crippen LogP contribution in [-0.2, 0) is 19.5 Å². The zero-order valence-electron chi connectivity index (χ0n) is 12.3. The molecule has 0 N–H and O–H groups in total. The summed E-state index contributed by atoms with van der Waals surface area (Å²) >= 11 is 0. The number of hydrogen-bond acceptors (Lipinski definition) is 3. The smallest absolute Gasteiger partial charge is 0.147 e. The molecule has 0 aliphatic carbocycles. The van der Waals surface area contributed by atoms with Gasteiger partial charge in [0.05, 0.1) is 6.54 Å². The highest BCUT2D eigenvalue weighted by Gasteiger charge is 2.22. The van der Waals surface area contributed by atoms with E-state index in [-0.39, 0.29) is 0 Å². The van der Waals surface area contributed by atoms with Gasteiger partial charge in [-0.1, -0.05) is 30.3 Å². The highest BCUT2D eigenvalue weighted by Crippen LogP contribution is 2.17. The number of aryl methyl sites for hydroxylation is 2. The van der Waals surface area contributed by atoms with E-state index in [1.54, 1.807) is 0 Å². The number of nitrogens with zero attached hydrogens (tertiary/aromatic N) is 4. The van der Waals surface area contributed by atoms with Crippen LogP contribution < -0.4 is 0 Å². The molecule has 1 aliphatic rings. The fourth-order valence-corrected chi connectivity index (χ4v) is 2.90. The van der Waals surface area contributed by atoms with Crippen LogP contribution in [0.25, 0.3) is 0 Å². The molecule has 1 unspecified atom stereocenters. The molecule has 2 aromatic rings. The van der Waals surface area contributed by atoms with Crippen LogP contribution in [0.1, 0.15) is 30.6 Å². The highest BCUT2D eigenvalue weighted by atomic mass is 15.3. The van der Waals surface area contributed by atoms with Crippen LogP contribution in [0.3, 0.4) is 0 Å². The summed E-state index contributed by atoms with van der Waals surface area (Å²) in [6, 6.07) is 11.3. The van der Waals surface area contributed by atoms with Crippen molar-refractivity contribution in [3.05, 3.63) is 47.5 Å². The minimum Gasteiger partial charge on any atom is -0.313 e. The summed E-state index contributed by atoms with van der Waals surface area (Å²) in [5.74, 6) is 2.15. The largest absolute Gasteiger partial charge is 0.313 e. The third-order valence-electron chi connectivity index (χ3n) is 4.28. The van der Waals surface area contributed by atoms with Gasteiger partial charge in [-0.3, -0.25) is 4.90 Å². The van der Waals surface area contributed by atoms with Gasteiger partial charge in [0.2, 0.25) is 0 Å². The fourth-order valence-electron chi connectivity index (χ4n) is 2.90. The summed E-state index contributed by atoms with van der Waals surface area (Å²) in [6.45, 7) is 7.40. The van der Waals surface area contributed by atoms with E-state index in [2.05, 4.69) is 56.9 Å². The first-order chi connectivity index (χ1) is 9.74. The van der Waals surface area contributed by atoms with Crippen molar-refractivity contribution in [1.29, 1.82) is 0 Å². The third-order valence-corrected chi connectivity index (χ3v) is 4.28. The van der Waals surface area contributed by atoms with E-state index < -0.39 is 0 Å². The third kappa shape index (κ3) is 2.75. The Kier molecular flexibility index (Phi) is 3.83. The van der Waals surface area contributed by atoms with Crippen molar-refractivity contribution in [2.75, 3.05) is 6.54 Å². The monoisotopic (exact) mass is 270 g/mol. The fraction of sp³-hybridized carbons (Fsp3) is 0.500. The second-order valence-electron chi connectivity index (χ2n) is 5.66. The van der Waals surface area contributed by atoms with Crippen molar-refractivity contribution in [2.45, 2.75) is 45.8 Å². The van der Waals surface area contributed by atoms with Gasteiger partial charge >= 0.3 is 0 Å². The standard InChI is InChI=1S/C16H22N4/c1-13(8-9-15-6-4-3-5-7-15)19-10-11-20-14(2)17-18-16(20)12-19/h3-7,13H,8-12H2,1-2H3. The zero-order valence-corrected chi connectivity index (χ0v) is 12.3. The molecule has 0 spiro atoms. The number of benzene rings is 1. The van der Waals surface area contributed by atoms with Crippen LogP contribution in [0.4, 0.5) is 0 Å². The molecule has 1 aromatic heterocycles. The topological polar surface area (TPSA) is 34.0 Å². The lowest BCUT2D eigenvalue weighted by Crippen LogP contribution is -2.40. The molecule has 4 nitrogen and oxygen atoms in total. The van der Waals surface area contributed by atoms with Crippen molar-refractivity contribution >= 4 is 0 Å². The van der Waals surface area contributed by atoms with Crippen LogP contribution in [0.2, 0.25) is 0 Å². The van der Waals surface area contributed by atoms with Crippen molar-refractivity contribution < 1.29 is 0 Å². The van der Waals surface area contributed by atoms with Gasteiger partial charge in [0.15, 0.2) is 0 Å². The minimum absolute atomic E-state index is 0.584. The molecule has 0 bridgehead atoms. The molecule has 1 aromatic carbocycles. The van der Waals surface area contributed by atoms with Crippen LogP contribution in [0.15, 0.2) is 30.3 Å². The van der Waals surface area contributed by atoms with Gasteiger partial charge in [0, 0.05) is 19.1 Å². The van der Waals surface area contributed by atoms with E-state index in [0.717, 1.165) is 37.7 Å². The van der Waals surface area contributed by atoms with Gasteiger partial charge in [0.25, 0.3) is 0 Å². The van der Waals surface area contributed by atoms with Crippen LogP contribution in [0, 0.1) is 6.92 Å². The first kappa shape index (κ1) is 13.3. The molecule has 106 valence electrons. The Bertz CT molecular complexity index is 561. The van der Waals surface area contributed by atoms with E-state index >= 15 is 0 Å². The van der Waals surface area contributed by atoms with Crippen LogP contribution >= 0.6 is 0 Å². The lowest BCUT2D eigenvalue weighted by molar-refractivity contribution is 0.155. The van der Waals surface area contributed by atoms with Gasteiger partial charge in [0.1, 0.15) is 11.6 Å². The van der Waals surface area contributed by atoms with Gasteiger partial charge in [-0.15, -0.1) is 10.2 Å². The van der Waals surface area contributed by atoms with Crippen molar-refractivity contribution in [3.63, 3.8) is 0 Å². The summed E-state index contributed by atoms with van der Waals surface area (Å²) in [7, 11) is 0. The Morgan fingerprint density at radius 1 is 1.15 bits per heavy atom. The molecule has 3 rings (SSSR count). The molecular formula is C16H22N4. The maximum atomic E-state index is 4.28. The Hall–Kier alpha value is -1.68. The van der Waals surface area contributed by atoms with Crippen LogP contribution in [0.5, 0.6) is 0 Å². The average Bonchev–Trinajstić information content (AvgIpc) is 2.87.